The van der Waals surface area contributed by atoms with Gasteiger partial charge in [-0.2, -0.15) is 0 Å². The van der Waals surface area contributed by atoms with Crippen molar-refractivity contribution in [3.8, 4) is 28.5 Å². The fourth-order valence-electron chi connectivity index (χ4n) is 2.56. The summed E-state index contributed by atoms with van der Waals surface area (Å²) < 4.78 is 15.6. The third-order valence-electron chi connectivity index (χ3n) is 3.95. The van der Waals surface area contributed by atoms with Gasteiger partial charge in [0, 0.05) is 10.9 Å². The molecule has 1 heterocycles. The minimum atomic E-state index is -0.141. The van der Waals surface area contributed by atoms with E-state index in [1.807, 2.05) is 35.7 Å². The molecule has 7 heteroatoms. The van der Waals surface area contributed by atoms with Gasteiger partial charge in [-0.1, -0.05) is 6.07 Å². The summed E-state index contributed by atoms with van der Waals surface area (Å²) in [6.45, 7) is 0. The third kappa shape index (κ3) is 4.57. The van der Waals surface area contributed by atoms with Crippen LogP contribution in [0.25, 0.3) is 11.3 Å². The molecule has 0 aliphatic carbocycles. The van der Waals surface area contributed by atoms with Crippen LogP contribution in [0.1, 0.15) is 5.56 Å². The lowest BCUT2D eigenvalue weighted by Gasteiger charge is -2.09. The summed E-state index contributed by atoms with van der Waals surface area (Å²) in [5.41, 5.74) is 2.61. The van der Waals surface area contributed by atoms with Crippen LogP contribution >= 0.6 is 11.3 Å². The van der Waals surface area contributed by atoms with Gasteiger partial charge in [-0.15, -0.1) is 11.3 Å². The summed E-state index contributed by atoms with van der Waals surface area (Å²) in [6.07, 6.45) is 0.220. The quantitative estimate of drug-likeness (QED) is 0.666. The smallest absolute Gasteiger partial charge is 0.230 e. The van der Waals surface area contributed by atoms with E-state index < -0.39 is 0 Å². The first-order chi connectivity index (χ1) is 13.1. The Balaban J connectivity index is 1.65. The average molecular weight is 384 g/mol. The molecule has 0 spiro atoms. The zero-order valence-corrected chi connectivity index (χ0v) is 16.1. The molecule has 1 amide bonds. The van der Waals surface area contributed by atoms with Gasteiger partial charge in [0.25, 0.3) is 0 Å². The summed E-state index contributed by atoms with van der Waals surface area (Å²) in [5.74, 6) is 1.87. The van der Waals surface area contributed by atoms with Crippen LogP contribution in [0, 0.1) is 0 Å². The SMILES string of the molecule is COc1ccc(-c2csc(NC(=O)Cc3ccc(OC)c(OC)c3)n2)cc1. The molecule has 0 atom stereocenters. The predicted octanol–water partition coefficient (Wildman–Crippen LogP) is 4.02. The number of nitrogens with one attached hydrogen (secondary N) is 1. The highest BCUT2D eigenvalue weighted by Crippen LogP contribution is 2.29. The number of hydrogen-bond donors (Lipinski definition) is 1. The van der Waals surface area contributed by atoms with Crippen LogP contribution in [-0.4, -0.2) is 32.2 Å². The highest BCUT2D eigenvalue weighted by Gasteiger charge is 2.11. The Morgan fingerprint density at radius 3 is 2.41 bits per heavy atom. The van der Waals surface area contributed by atoms with Crippen molar-refractivity contribution in [2.75, 3.05) is 26.6 Å². The normalized spacial score (nSPS) is 10.3. The van der Waals surface area contributed by atoms with Crippen molar-refractivity contribution in [2.24, 2.45) is 0 Å². The third-order valence-corrected chi connectivity index (χ3v) is 4.71. The van der Waals surface area contributed by atoms with Gasteiger partial charge in [-0.05, 0) is 42.0 Å². The molecule has 6 nitrogen and oxygen atoms in total. The number of anilines is 1. The van der Waals surface area contributed by atoms with E-state index in [4.69, 9.17) is 14.2 Å². The molecular weight excluding hydrogens is 364 g/mol. The Hall–Kier alpha value is -3.06. The lowest BCUT2D eigenvalue weighted by atomic mass is 10.1. The van der Waals surface area contributed by atoms with Gasteiger partial charge in [0.2, 0.25) is 5.91 Å². The second kappa shape index (κ2) is 8.55. The first kappa shape index (κ1) is 18.7. The fourth-order valence-corrected chi connectivity index (χ4v) is 3.30. The van der Waals surface area contributed by atoms with E-state index in [0.717, 1.165) is 22.6 Å². The Morgan fingerprint density at radius 2 is 1.74 bits per heavy atom. The largest absolute Gasteiger partial charge is 0.497 e. The average Bonchev–Trinajstić information content (AvgIpc) is 3.16. The molecule has 0 bridgehead atoms. The number of benzene rings is 2. The number of methoxy groups -OCH3 is 3. The first-order valence-corrected chi connectivity index (χ1v) is 9.11. The van der Waals surface area contributed by atoms with Crippen molar-refractivity contribution in [1.82, 2.24) is 4.98 Å². The van der Waals surface area contributed by atoms with E-state index in [0.29, 0.717) is 16.6 Å². The zero-order valence-electron chi connectivity index (χ0n) is 15.3. The van der Waals surface area contributed by atoms with E-state index in [-0.39, 0.29) is 12.3 Å². The van der Waals surface area contributed by atoms with Crippen molar-refractivity contribution in [3.05, 3.63) is 53.4 Å². The van der Waals surface area contributed by atoms with Crippen LogP contribution in [0.5, 0.6) is 17.2 Å². The van der Waals surface area contributed by atoms with Gasteiger partial charge < -0.3 is 19.5 Å². The van der Waals surface area contributed by atoms with Gasteiger partial charge in [0.1, 0.15) is 5.75 Å². The maximum Gasteiger partial charge on any atom is 0.230 e. The number of nitrogens with zero attached hydrogens (tertiary/aromatic N) is 1. The second-order valence-electron chi connectivity index (χ2n) is 5.68. The Morgan fingerprint density at radius 1 is 1.00 bits per heavy atom. The molecule has 2 aromatic carbocycles. The van der Waals surface area contributed by atoms with Crippen LogP contribution in [0.15, 0.2) is 47.8 Å². The Kier molecular flexibility index (Phi) is 5.93. The van der Waals surface area contributed by atoms with Gasteiger partial charge in [-0.3, -0.25) is 4.79 Å². The predicted molar refractivity (Wildman–Crippen MR) is 106 cm³/mol. The number of carbonyl (C=O) groups excluding carboxylic acids is 1. The van der Waals surface area contributed by atoms with E-state index >= 15 is 0 Å². The fraction of sp³-hybridized carbons (Fsp3) is 0.200. The van der Waals surface area contributed by atoms with E-state index in [1.54, 1.807) is 33.5 Å². The highest BCUT2D eigenvalue weighted by atomic mass is 32.1. The lowest BCUT2D eigenvalue weighted by Crippen LogP contribution is -2.14. The molecular formula is C20H20N2O4S. The molecule has 0 saturated heterocycles. The maximum absolute atomic E-state index is 12.3. The molecule has 3 aromatic rings. The van der Waals surface area contributed by atoms with E-state index in [1.165, 1.54) is 11.3 Å². The summed E-state index contributed by atoms with van der Waals surface area (Å²) in [6, 6.07) is 13.0. The Bertz CT molecular complexity index is 922. The van der Waals surface area contributed by atoms with Crippen LogP contribution < -0.4 is 19.5 Å². The lowest BCUT2D eigenvalue weighted by molar-refractivity contribution is -0.115. The van der Waals surface area contributed by atoms with Gasteiger partial charge in [0.15, 0.2) is 16.6 Å². The number of amides is 1. The highest BCUT2D eigenvalue weighted by molar-refractivity contribution is 7.14. The second-order valence-corrected chi connectivity index (χ2v) is 6.54. The van der Waals surface area contributed by atoms with Crippen molar-refractivity contribution in [1.29, 1.82) is 0 Å². The van der Waals surface area contributed by atoms with Gasteiger partial charge >= 0.3 is 0 Å². The van der Waals surface area contributed by atoms with Crippen LogP contribution in [0.4, 0.5) is 5.13 Å². The summed E-state index contributed by atoms with van der Waals surface area (Å²) in [7, 11) is 4.77. The molecule has 1 N–H and O–H groups in total. The molecule has 140 valence electrons. The first-order valence-electron chi connectivity index (χ1n) is 8.23. The molecule has 0 saturated carbocycles. The zero-order chi connectivity index (χ0) is 19.2. The number of ether oxygens (including phenoxy) is 3. The summed E-state index contributed by atoms with van der Waals surface area (Å²) in [5, 5.41) is 5.31. The molecule has 3 rings (SSSR count). The van der Waals surface area contributed by atoms with Crippen LogP contribution in [0.2, 0.25) is 0 Å². The Labute approximate surface area is 161 Å². The molecule has 0 radical (unpaired) electrons. The van der Waals surface area contributed by atoms with E-state index in [9.17, 15) is 4.79 Å². The standard InChI is InChI=1S/C20H20N2O4S/c1-24-15-7-5-14(6-8-15)16-12-27-20(21-16)22-19(23)11-13-4-9-17(25-2)18(10-13)26-3/h4-10,12H,11H2,1-3H3,(H,21,22,23). The number of hydrogen-bond acceptors (Lipinski definition) is 6. The topological polar surface area (TPSA) is 69.7 Å². The monoisotopic (exact) mass is 384 g/mol. The maximum atomic E-state index is 12.3. The van der Waals surface area contributed by atoms with Crippen molar-refractivity contribution in [3.63, 3.8) is 0 Å². The molecule has 0 aliphatic rings. The summed E-state index contributed by atoms with van der Waals surface area (Å²) in [4.78, 5) is 16.8. The molecule has 0 unspecified atom stereocenters. The molecule has 0 aliphatic heterocycles. The number of aromatic nitrogens is 1. The number of carbonyl (C=O) groups is 1. The van der Waals surface area contributed by atoms with Gasteiger partial charge in [0.05, 0.1) is 33.4 Å². The van der Waals surface area contributed by atoms with Crippen molar-refractivity contribution >= 4 is 22.4 Å². The van der Waals surface area contributed by atoms with Gasteiger partial charge in [-0.25, -0.2) is 4.98 Å². The minimum absolute atomic E-state index is 0.141. The summed E-state index contributed by atoms with van der Waals surface area (Å²) >= 11 is 1.39. The molecule has 27 heavy (non-hydrogen) atoms. The van der Waals surface area contributed by atoms with Crippen LogP contribution in [-0.2, 0) is 11.2 Å². The van der Waals surface area contributed by atoms with Crippen LogP contribution in [0.3, 0.4) is 0 Å². The number of thiazole rings is 1. The van der Waals surface area contributed by atoms with E-state index in [2.05, 4.69) is 10.3 Å². The van der Waals surface area contributed by atoms with Crippen molar-refractivity contribution in [2.45, 2.75) is 6.42 Å². The van der Waals surface area contributed by atoms with Crippen molar-refractivity contribution < 1.29 is 19.0 Å². The molecule has 0 fully saturated rings. The molecule has 1 aromatic heterocycles. The number of rotatable bonds is 7. The minimum Gasteiger partial charge on any atom is -0.497 e.